The van der Waals surface area contributed by atoms with Crippen molar-refractivity contribution in [1.82, 2.24) is 15.5 Å². The van der Waals surface area contributed by atoms with Gasteiger partial charge in [0, 0.05) is 17.6 Å². The van der Waals surface area contributed by atoms with Crippen molar-refractivity contribution in [1.29, 1.82) is 0 Å². The molecule has 0 bridgehead atoms. The minimum atomic E-state index is -0.480. The molecule has 1 saturated heterocycles. The SMILES string of the molecule is CC(C)CC(C)(CN)NC(=O)c1cccc(CN2C(=O)CNC2=O)c1.Cl. The Morgan fingerprint density at radius 2 is 2.08 bits per heavy atom. The van der Waals surface area contributed by atoms with E-state index in [0.717, 1.165) is 16.9 Å². The molecule has 1 fully saturated rings. The van der Waals surface area contributed by atoms with Crippen molar-refractivity contribution < 1.29 is 14.4 Å². The highest BCUT2D eigenvalue weighted by Gasteiger charge is 2.29. The molecule has 144 valence electrons. The molecule has 26 heavy (non-hydrogen) atoms. The predicted molar refractivity (Wildman–Crippen MR) is 102 cm³/mol. The van der Waals surface area contributed by atoms with Gasteiger partial charge in [0.05, 0.1) is 13.1 Å². The fraction of sp³-hybridized carbons (Fsp3) is 0.500. The van der Waals surface area contributed by atoms with Crippen LogP contribution in [0.5, 0.6) is 0 Å². The highest BCUT2D eigenvalue weighted by atomic mass is 35.5. The number of nitrogens with zero attached hydrogens (tertiary/aromatic N) is 1. The van der Waals surface area contributed by atoms with Crippen LogP contribution in [0.15, 0.2) is 24.3 Å². The van der Waals surface area contributed by atoms with Gasteiger partial charge in [0.1, 0.15) is 0 Å². The second-order valence-electron chi connectivity index (χ2n) is 7.16. The summed E-state index contributed by atoms with van der Waals surface area (Å²) in [6.07, 6.45) is 0.775. The van der Waals surface area contributed by atoms with Crippen LogP contribution in [-0.2, 0) is 11.3 Å². The average molecular weight is 383 g/mol. The van der Waals surface area contributed by atoms with Gasteiger partial charge in [0.25, 0.3) is 5.91 Å². The number of nitrogens with two attached hydrogens (primary N) is 1. The summed E-state index contributed by atoms with van der Waals surface area (Å²) < 4.78 is 0. The van der Waals surface area contributed by atoms with Crippen LogP contribution in [0.1, 0.15) is 43.1 Å². The van der Waals surface area contributed by atoms with Crippen LogP contribution in [0, 0.1) is 5.92 Å². The summed E-state index contributed by atoms with van der Waals surface area (Å²) in [7, 11) is 0. The predicted octanol–water partition coefficient (Wildman–Crippen LogP) is 1.65. The summed E-state index contributed by atoms with van der Waals surface area (Å²) in [4.78, 5) is 37.1. The molecular weight excluding hydrogens is 356 g/mol. The zero-order valence-electron chi connectivity index (χ0n) is 15.4. The normalized spacial score (nSPS) is 16.1. The maximum atomic E-state index is 12.6. The summed E-state index contributed by atoms with van der Waals surface area (Å²) >= 11 is 0. The zero-order chi connectivity index (χ0) is 18.6. The van der Waals surface area contributed by atoms with E-state index in [-0.39, 0.29) is 37.3 Å². The minimum absolute atomic E-state index is 0. The van der Waals surface area contributed by atoms with E-state index >= 15 is 0 Å². The lowest BCUT2D eigenvalue weighted by Gasteiger charge is -2.31. The first-order valence-corrected chi connectivity index (χ1v) is 8.44. The zero-order valence-corrected chi connectivity index (χ0v) is 16.2. The first-order valence-electron chi connectivity index (χ1n) is 8.44. The largest absolute Gasteiger partial charge is 0.346 e. The van der Waals surface area contributed by atoms with E-state index in [0.29, 0.717) is 18.0 Å². The average Bonchev–Trinajstić information content (AvgIpc) is 2.86. The Kier molecular flexibility index (Phi) is 7.59. The number of nitrogens with one attached hydrogen (secondary N) is 2. The quantitative estimate of drug-likeness (QED) is 0.623. The van der Waals surface area contributed by atoms with Gasteiger partial charge < -0.3 is 16.4 Å². The molecule has 8 heteroatoms. The van der Waals surface area contributed by atoms with Gasteiger partial charge in [-0.05, 0) is 37.0 Å². The molecule has 1 atom stereocenters. The topological polar surface area (TPSA) is 105 Å². The van der Waals surface area contributed by atoms with Gasteiger partial charge in [-0.3, -0.25) is 14.5 Å². The summed E-state index contributed by atoms with van der Waals surface area (Å²) in [5.74, 6) is -0.0833. The molecule has 4 amide bonds. The second kappa shape index (κ2) is 9.00. The second-order valence-corrected chi connectivity index (χ2v) is 7.16. The Labute approximate surface area is 160 Å². The van der Waals surface area contributed by atoms with Crippen LogP contribution in [-0.4, -0.2) is 41.4 Å². The van der Waals surface area contributed by atoms with Gasteiger partial charge in [0.15, 0.2) is 0 Å². The number of carbonyl (C=O) groups excluding carboxylic acids is 3. The fourth-order valence-corrected chi connectivity index (χ4v) is 3.04. The third-order valence-corrected chi connectivity index (χ3v) is 4.19. The van der Waals surface area contributed by atoms with Crippen LogP contribution < -0.4 is 16.4 Å². The molecule has 0 aliphatic carbocycles. The standard InChI is InChI=1S/C18H26N4O3.ClH/c1-12(2)8-18(3,11-19)21-16(24)14-6-4-5-13(7-14)10-22-15(23)9-20-17(22)25;/h4-7,12H,8-11,19H2,1-3H3,(H,20,25)(H,21,24);1H. The van der Waals surface area contributed by atoms with Crippen molar-refractivity contribution in [3.05, 3.63) is 35.4 Å². The molecule has 0 aromatic heterocycles. The highest BCUT2D eigenvalue weighted by Crippen LogP contribution is 2.17. The maximum Gasteiger partial charge on any atom is 0.324 e. The number of benzene rings is 1. The van der Waals surface area contributed by atoms with Crippen LogP contribution in [0.4, 0.5) is 4.79 Å². The van der Waals surface area contributed by atoms with Crippen molar-refractivity contribution >= 4 is 30.3 Å². The highest BCUT2D eigenvalue weighted by molar-refractivity contribution is 6.02. The maximum absolute atomic E-state index is 12.6. The molecule has 2 rings (SSSR count). The van der Waals surface area contributed by atoms with Gasteiger partial charge in [-0.15, -0.1) is 12.4 Å². The van der Waals surface area contributed by atoms with E-state index in [4.69, 9.17) is 5.73 Å². The van der Waals surface area contributed by atoms with Crippen molar-refractivity contribution in [2.24, 2.45) is 11.7 Å². The monoisotopic (exact) mass is 382 g/mol. The summed E-state index contributed by atoms with van der Waals surface area (Å²) in [5, 5.41) is 5.48. The molecule has 4 N–H and O–H groups in total. The number of carbonyl (C=O) groups is 3. The Morgan fingerprint density at radius 1 is 1.38 bits per heavy atom. The van der Waals surface area contributed by atoms with Crippen LogP contribution in [0.2, 0.25) is 0 Å². The molecule has 0 radical (unpaired) electrons. The molecule has 1 aliphatic rings. The number of hydrogen-bond acceptors (Lipinski definition) is 4. The number of halogens is 1. The van der Waals surface area contributed by atoms with Crippen LogP contribution >= 0.6 is 12.4 Å². The number of urea groups is 1. The lowest BCUT2D eigenvalue weighted by atomic mass is 9.90. The first-order chi connectivity index (χ1) is 11.7. The Hall–Kier alpha value is -2.12. The molecule has 1 aromatic rings. The molecule has 1 unspecified atom stereocenters. The van der Waals surface area contributed by atoms with Crippen molar-refractivity contribution in [3.63, 3.8) is 0 Å². The molecule has 7 nitrogen and oxygen atoms in total. The van der Waals surface area contributed by atoms with E-state index in [1.807, 2.05) is 6.92 Å². The Balaban J connectivity index is 0.00000338. The Morgan fingerprint density at radius 3 is 2.62 bits per heavy atom. The molecule has 1 aliphatic heterocycles. The van der Waals surface area contributed by atoms with Gasteiger partial charge in [0.2, 0.25) is 5.91 Å². The van der Waals surface area contributed by atoms with Gasteiger partial charge >= 0.3 is 6.03 Å². The van der Waals surface area contributed by atoms with E-state index in [1.165, 1.54) is 0 Å². The van der Waals surface area contributed by atoms with Crippen molar-refractivity contribution in [3.8, 4) is 0 Å². The van der Waals surface area contributed by atoms with E-state index in [9.17, 15) is 14.4 Å². The van der Waals surface area contributed by atoms with Crippen molar-refractivity contribution in [2.75, 3.05) is 13.1 Å². The van der Waals surface area contributed by atoms with E-state index in [1.54, 1.807) is 24.3 Å². The van der Waals surface area contributed by atoms with Crippen LogP contribution in [0.25, 0.3) is 0 Å². The lowest BCUT2D eigenvalue weighted by molar-refractivity contribution is -0.125. The summed E-state index contributed by atoms with van der Waals surface area (Å²) in [6, 6.07) is 6.52. The molecular formula is C18H27ClN4O3. The number of imide groups is 1. The number of hydrogen-bond donors (Lipinski definition) is 3. The molecule has 1 heterocycles. The molecule has 0 saturated carbocycles. The Bertz CT molecular complexity index is 664. The van der Waals surface area contributed by atoms with Gasteiger partial charge in [-0.2, -0.15) is 0 Å². The summed E-state index contributed by atoms with van der Waals surface area (Å²) in [5.41, 5.74) is 6.57. The first kappa shape index (κ1) is 21.9. The van der Waals surface area contributed by atoms with Gasteiger partial charge in [-0.25, -0.2) is 4.79 Å². The lowest BCUT2D eigenvalue weighted by Crippen LogP contribution is -2.52. The third kappa shape index (κ3) is 5.44. The minimum Gasteiger partial charge on any atom is -0.346 e. The fourth-order valence-electron chi connectivity index (χ4n) is 3.04. The number of amides is 4. The van der Waals surface area contributed by atoms with E-state index in [2.05, 4.69) is 24.5 Å². The van der Waals surface area contributed by atoms with Gasteiger partial charge in [-0.1, -0.05) is 26.0 Å². The van der Waals surface area contributed by atoms with Crippen molar-refractivity contribution in [2.45, 2.75) is 39.3 Å². The van der Waals surface area contributed by atoms with E-state index < -0.39 is 11.6 Å². The molecule has 0 spiro atoms. The third-order valence-electron chi connectivity index (χ3n) is 4.19. The summed E-state index contributed by atoms with van der Waals surface area (Å²) in [6.45, 7) is 6.60. The smallest absolute Gasteiger partial charge is 0.324 e. The van der Waals surface area contributed by atoms with Crippen LogP contribution in [0.3, 0.4) is 0 Å². The molecule has 1 aromatic carbocycles. The number of rotatable bonds is 7.